The van der Waals surface area contributed by atoms with Crippen molar-refractivity contribution < 1.29 is 8.78 Å². The van der Waals surface area contributed by atoms with Crippen LogP contribution in [-0.2, 0) is 6.42 Å². The lowest BCUT2D eigenvalue weighted by atomic mass is 10.0. The lowest BCUT2D eigenvalue weighted by molar-refractivity contribution is 0.0744. The van der Waals surface area contributed by atoms with Crippen molar-refractivity contribution in [3.8, 4) is 0 Å². The molecule has 1 heterocycles. The van der Waals surface area contributed by atoms with Crippen LogP contribution in [-0.4, -0.2) is 56.6 Å². The highest BCUT2D eigenvalue weighted by Crippen LogP contribution is 2.12. The number of benzene rings is 1. The predicted octanol–water partition coefficient (Wildman–Crippen LogP) is 3.36. The van der Waals surface area contributed by atoms with Crippen LogP contribution in [0.2, 0.25) is 0 Å². The maximum atomic E-state index is 12.4. The molecule has 2 N–H and O–H groups in total. The lowest BCUT2D eigenvalue weighted by Crippen LogP contribution is -2.49. The lowest BCUT2D eigenvalue weighted by Gasteiger charge is -2.32. The van der Waals surface area contributed by atoms with Gasteiger partial charge in [0.25, 0.3) is 6.43 Å². The summed E-state index contributed by atoms with van der Waals surface area (Å²) in [6.07, 6.45) is 0.426. The number of nitrogens with zero attached hydrogens (tertiary/aromatic N) is 2. The van der Waals surface area contributed by atoms with E-state index in [1.54, 1.807) is 7.05 Å². The molecule has 1 aliphatic heterocycles. The fourth-order valence-corrected chi connectivity index (χ4v) is 3.38. The average molecular weight is 480 g/mol. The summed E-state index contributed by atoms with van der Waals surface area (Å²) >= 11 is 0. The Kier molecular flexibility index (Phi) is 10.4. The van der Waals surface area contributed by atoms with Crippen LogP contribution in [0.15, 0.2) is 23.2 Å². The van der Waals surface area contributed by atoms with Crippen molar-refractivity contribution >= 4 is 29.9 Å². The van der Waals surface area contributed by atoms with Crippen LogP contribution in [0.25, 0.3) is 0 Å². The first-order valence-corrected chi connectivity index (χ1v) is 9.01. The van der Waals surface area contributed by atoms with Gasteiger partial charge in [-0.15, -0.1) is 24.0 Å². The van der Waals surface area contributed by atoms with Crippen molar-refractivity contribution in [2.24, 2.45) is 4.99 Å². The topological polar surface area (TPSA) is 39.7 Å². The number of alkyl halides is 2. The minimum Gasteiger partial charge on any atom is -0.356 e. The first-order chi connectivity index (χ1) is 12.0. The molecule has 0 spiro atoms. The summed E-state index contributed by atoms with van der Waals surface area (Å²) in [7, 11) is 1.76. The summed E-state index contributed by atoms with van der Waals surface area (Å²) in [6, 6.07) is 6.90. The largest absolute Gasteiger partial charge is 0.356 e. The van der Waals surface area contributed by atoms with Gasteiger partial charge in [0.2, 0.25) is 0 Å². The molecule has 1 aromatic rings. The molecule has 1 aromatic carbocycles. The van der Waals surface area contributed by atoms with Crippen molar-refractivity contribution in [2.75, 3.05) is 33.2 Å². The van der Waals surface area contributed by atoms with Gasteiger partial charge in [-0.1, -0.05) is 29.3 Å². The van der Waals surface area contributed by atoms with Crippen molar-refractivity contribution in [1.82, 2.24) is 15.5 Å². The van der Waals surface area contributed by atoms with Crippen molar-refractivity contribution in [1.29, 1.82) is 0 Å². The molecule has 0 aliphatic carbocycles. The van der Waals surface area contributed by atoms with Gasteiger partial charge in [-0.2, -0.15) is 0 Å². The molecular formula is C19H31F2IN4. The molecule has 0 unspecified atom stereocenters. The van der Waals surface area contributed by atoms with E-state index in [-0.39, 0.29) is 30.5 Å². The Morgan fingerprint density at radius 2 is 1.81 bits per heavy atom. The molecular weight excluding hydrogens is 449 g/mol. The molecule has 0 amide bonds. The van der Waals surface area contributed by atoms with Gasteiger partial charge >= 0.3 is 0 Å². The van der Waals surface area contributed by atoms with Crippen molar-refractivity contribution in [2.45, 2.75) is 45.6 Å². The molecule has 26 heavy (non-hydrogen) atoms. The predicted molar refractivity (Wildman–Crippen MR) is 115 cm³/mol. The summed E-state index contributed by atoms with van der Waals surface area (Å²) in [6.45, 7) is 6.35. The number of aryl methyl sites for hydroxylation is 2. The second-order valence-electron chi connectivity index (χ2n) is 6.86. The number of halogens is 3. The van der Waals surface area contributed by atoms with Crippen LogP contribution in [0.5, 0.6) is 0 Å². The van der Waals surface area contributed by atoms with E-state index in [0.717, 1.165) is 31.8 Å². The third-order valence-corrected chi connectivity index (χ3v) is 4.54. The Morgan fingerprint density at radius 3 is 2.35 bits per heavy atom. The van der Waals surface area contributed by atoms with Gasteiger partial charge in [-0.05, 0) is 38.7 Å². The van der Waals surface area contributed by atoms with E-state index in [0.29, 0.717) is 19.1 Å². The molecule has 1 fully saturated rings. The molecule has 2 rings (SSSR count). The van der Waals surface area contributed by atoms with Gasteiger partial charge in [-0.25, -0.2) is 8.78 Å². The van der Waals surface area contributed by atoms with E-state index in [9.17, 15) is 8.78 Å². The summed E-state index contributed by atoms with van der Waals surface area (Å²) in [4.78, 5) is 6.11. The molecule has 0 saturated carbocycles. The molecule has 4 nitrogen and oxygen atoms in total. The molecule has 148 valence electrons. The van der Waals surface area contributed by atoms with Gasteiger partial charge in [-0.3, -0.25) is 9.89 Å². The third kappa shape index (κ3) is 8.16. The number of aliphatic imine (C=N–C) groups is 1. The second kappa shape index (κ2) is 11.7. The Labute approximate surface area is 172 Å². The van der Waals surface area contributed by atoms with Gasteiger partial charge in [0.1, 0.15) is 0 Å². The minimum absolute atomic E-state index is 0. The van der Waals surface area contributed by atoms with Crippen LogP contribution in [0, 0.1) is 13.8 Å². The fourth-order valence-electron chi connectivity index (χ4n) is 3.38. The van der Waals surface area contributed by atoms with Gasteiger partial charge in [0, 0.05) is 32.7 Å². The number of hydrogen-bond donors (Lipinski definition) is 2. The maximum absolute atomic E-state index is 12.4. The molecule has 0 atom stereocenters. The number of guanidine groups is 1. The normalized spacial score (nSPS) is 16.5. The van der Waals surface area contributed by atoms with E-state index < -0.39 is 6.43 Å². The highest BCUT2D eigenvalue weighted by molar-refractivity contribution is 14.0. The number of likely N-dealkylation sites (tertiary alicyclic amines) is 1. The number of hydrogen-bond acceptors (Lipinski definition) is 2. The SMILES string of the molecule is CN=C(NCCc1cc(C)cc(C)c1)NC1CCN(CC(F)F)CC1.I. The molecule has 0 bridgehead atoms. The Morgan fingerprint density at radius 1 is 1.19 bits per heavy atom. The fraction of sp³-hybridized carbons (Fsp3) is 0.632. The highest BCUT2D eigenvalue weighted by Gasteiger charge is 2.21. The van der Waals surface area contributed by atoms with Crippen LogP contribution in [0.4, 0.5) is 8.78 Å². The van der Waals surface area contributed by atoms with Gasteiger partial charge in [0.15, 0.2) is 5.96 Å². The number of rotatable bonds is 6. The zero-order valence-corrected chi connectivity index (χ0v) is 18.2. The van der Waals surface area contributed by atoms with Gasteiger partial charge < -0.3 is 10.6 Å². The number of piperidine rings is 1. The molecule has 0 aromatic heterocycles. The third-order valence-electron chi connectivity index (χ3n) is 4.54. The number of nitrogens with one attached hydrogen (secondary N) is 2. The van der Waals surface area contributed by atoms with Crippen LogP contribution in [0.1, 0.15) is 29.5 Å². The first kappa shape index (κ1) is 23.1. The standard InChI is InChI=1S/C19H30F2N4.HI/c1-14-10-15(2)12-16(11-14)4-7-23-19(22-3)24-17-5-8-25(9-6-17)13-18(20)21;/h10-12,17-18H,4-9,13H2,1-3H3,(H2,22,23,24);1H. The van der Waals surface area contributed by atoms with Crippen molar-refractivity contribution in [3.63, 3.8) is 0 Å². The average Bonchev–Trinajstić information content (AvgIpc) is 2.54. The zero-order valence-electron chi connectivity index (χ0n) is 15.9. The smallest absolute Gasteiger partial charge is 0.251 e. The zero-order chi connectivity index (χ0) is 18.2. The second-order valence-corrected chi connectivity index (χ2v) is 6.86. The van der Waals surface area contributed by atoms with E-state index in [1.807, 2.05) is 4.90 Å². The minimum atomic E-state index is -2.25. The van der Waals surface area contributed by atoms with Gasteiger partial charge in [0.05, 0.1) is 6.54 Å². The highest BCUT2D eigenvalue weighted by atomic mass is 127. The molecule has 7 heteroatoms. The van der Waals surface area contributed by atoms with Crippen LogP contribution < -0.4 is 10.6 Å². The van der Waals surface area contributed by atoms with E-state index in [2.05, 4.69) is 47.7 Å². The molecule has 1 aliphatic rings. The van der Waals surface area contributed by atoms with E-state index in [4.69, 9.17) is 0 Å². The van der Waals surface area contributed by atoms with Crippen LogP contribution in [0.3, 0.4) is 0 Å². The quantitative estimate of drug-likeness (QED) is 0.373. The van der Waals surface area contributed by atoms with Crippen molar-refractivity contribution in [3.05, 3.63) is 34.9 Å². The Bertz CT molecular complexity index is 552. The molecule has 1 saturated heterocycles. The van der Waals surface area contributed by atoms with E-state index in [1.165, 1.54) is 16.7 Å². The Hall–Kier alpha value is -0.960. The first-order valence-electron chi connectivity index (χ1n) is 9.01. The monoisotopic (exact) mass is 480 g/mol. The summed E-state index contributed by atoms with van der Waals surface area (Å²) in [5.74, 6) is 0.789. The maximum Gasteiger partial charge on any atom is 0.251 e. The summed E-state index contributed by atoms with van der Waals surface area (Å²) in [5.41, 5.74) is 3.89. The summed E-state index contributed by atoms with van der Waals surface area (Å²) in [5, 5.41) is 6.77. The Balaban J connectivity index is 0.00000338. The van der Waals surface area contributed by atoms with E-state index >= 15 is 0 Å². The molecule has 0 radical (unpaired) electrons. The van der Waals surface area contributed by atoms with Crippen LogP contribution >= 0.6 is 24.0 Å². The summed E-state index contributed by atoms with van der Waals surface area (Å²) < 4.78 is 24.8.